The maximum Gasteiger partial charge on any atom is 0.391 e. The van der Waals surface area contributed by atoms with Crippen LogP contribution in [0.25, 0.3) is 0 Å². The molecule has 0 bridgehead atoms. The molecule has 6 heteroatoms. The summed E-state index contributed by atoms with van der Waals surface area (Å²) in [5.41, 5.74) is 1.03. The molecule has 3 nitrogen and oxygen atoms in total. The number of rotatable bonds is 2. The van der Waals surface area contributed by atoms with Crippen LogP contribution in [0, 0.1) is 5.92 Å². The van der Waals surface area contributed by atoms with E-state index in [9.17, 15) is 13.2 Å². The molecule has 0 N–H and O–H groups in total. The molecule has 2 fully saturated rings. The van der Waals surface area contributed by atoms with Crippen molar-refractivity contribution in [2.24, 2.45) is 5.92 Å². The summed E-state index contributed by atoms with van der Waals surface area (Å²) in [5, 5.41) is 0. The second-order valence-electron chi connectivity index (χ2n) is 5.38. The van der Waals surface area contributed by atoms with E-state index in [4.69, 9.17) is 0 Å². The zero-order valence-electron chi connectivity index (χ0n) is 10.5. The smallest absolute Gasteiger partial charge is 0.356 e. The van der Waals surface area contributed by atoms with Gasteiger partial charge in [-0.1, -0.05) is 0 Å². The lowest BCUT2D eigenvalue weighted by Crippen LogP contribution is -2.39. The van der Waals surface area contributed by atoms with Crippen LogP contribution in [0.2, 0.25) is 0 Å². The minimum atomic E-state index is -4.06. The average Bonchev–Trinajstić information content (AvgIpc) is 3.22. The van der Waals surface area contributed by atoms with Crippen LogP contribution < -0.4 is 4.90 Å². The zero-order valence-corrected chi connectivity index (χ0v) is 10.5. The van der Waals surface area contributed by atoms with E-state index in [2.05, 4.69) is 9.97 Å². The highest BCUT2D eigenvalue weighted by Gasteiger charge is 2.41. The van der Waals surface area contributed by atoms with Gasteiger partial charge in [0.1, 0.15) is 12.1 Å². The van der Waals surface area contributed by atoms with Crippen LogP contribution in [-0.4, -0.2) is 29.2 Å². The fourth-order valence-electron chi connectivity index (χ4n) is 2.57. The van der Waals surface area contributed by atoms with Gasteiger partial charge in [-0.15, -0.1) is 0 Å². The number of nitrogens with zero attached hydrogens (tertiary/aromatic N) is 3. The molecular formula is C13H16F3N3. The van der Waals surface area contributed by atoms with Gasteiger partial charge in [-0.2, -0.15) is 13.2 Å². The largest absolute Gasteiger partial charge is 0.391 e. The molecule has 2 heterocycles. The highest BCUT2D eigenvalue weighted by molar-refractivity contribution is 5.40. The molecule has 2 aliphatic rings. The normalized spacial score (nSPS) is 21.7. The Labute approximate surface area is 109 Å². The number of aromatic nitrogens is 2. The molecule has 19 heavy (non-hydrogen) atoms. The Kier molecular flexibility index (Phi) is 3.11. The van der Waals surface area contributed by atoms with E-state index >= 15 is 0 Å². The fourth-order valence-corrected chi connectivity index (χ4v) is 2.57. The van der Waals surface area contributed by atoms with Gasteiger partial charge in [-0.25, -0.2) is 9.97 Å². The molecule has 1 aromatic rings. The van der Waals surface area contributed by atoms with Gasteiger partial charge < -0.3 is 4.90 Å². The minimum Gasteiger partial charge on any atom is -0.356 e. The number of piperidine rings is 1. The number of alkyl halides is 3. The van der Waals surface area contributed by atoms with Crippen molar-refractivity contribution in [2.75, 3.05) is 18.0 Å². The van der Waals surface area contributed by atoms with Gasteiger partial charge in [0, 0.05) is 30.8 Å². The molecule has 3 rings (SSSR count). The van der Waals surface area contributed by atoms with Crippen molar-refractivity contribution in [1.29, 1.82) is 0 Å². The van der Waals surface area contributed by atoms with E-state index in [1.807, 2.05) is 11.0 Å². The Morgan fingerprint density at radius 3 is 2.32 bits per heavy atom. The van der Waals surface area contributed by atoms with Crippen LogP contribution in [0.4, 0.5) is 19.0 Å². The summed E-state index contributed by atoms with van der Waals surface area (Å²) in [6, 6.07) is 1.94. The monoisotopic (exact) mass is 271 g/mol. The minimum absolute atomic E-state index is 0.159. The number of halogens is 3. The molecule has 1 aromatic heterocycles. The van der Waals surface area contributed by atoms with Crippen molar-refractivity contribution in [2.45, 2.75) is 37.8 Å². The summed E-state index contributed by atoms with van der Waals surface area (Å²) in [4.78, 5) is 10.4. The van der Waals surface area contributed by atoms with Crippen molar-refractivity contribution in [3.05, 3.63) is 18.1 Å². The van der Waals surface area contributed by atoms with Crippen LogP contribution >= 0.6 is 0 Å². The molecule has 0 radical (unpaired) electrons. The summed E-state index contributed by atoms with van der Waals surface area (Å²) in [5.74, 6) is 0.153. The molecule has 1 saturated carbocycles. The molecule has 1 saturated heterocycles. The summed E-state index contributed by atoms with van der Waals surface area (Å²) in [6.07, 6.45) is 0.105. The summed E-state index contributed by atoms with van der Waals surface area (Å²) >= 11 is 0. The van der Waals surface area contributed by atoms with E-state index in [1.54, 1.807) is 0 Å². The van der Waals surface area contributed by atoms with Crippen LogP contribution in [0.15, 0.2) is 12.4 Å². The van der Waals surface area contributed by atoms with Gasteiger partial charge >= 0.3 is 6.18 Å². The first-order chi connectivity index (χ1) is 9.04. The Morgan fingerprint density at radius 1 is 1.05 bits per heavy atom. The van der Waals surface area contributed by atoms with Crippen LogP contribution in [0.3, 0.4) is 0 Å². The molecular weight excluding hydrogens is 255 g/mol. The summed E-state index contributed by atoms with van der Waals surface area (Å²) < 4.78 is 37.8. The first-order valence-electron chi connectivity index (χ1n) is 6.67. The van der Waals surface area contributed by atoms with E-state index in [-0.39, 0.29) is 12.8 Å². The van der Waals surface area contributed by atoms with Crippen molar-refractivity contribution < 1.29 is 13.2 Å². The molecule has 0 amide bonds. The molecule has 0 atom stereocenters. The maximum absolute atomic E-state index is 12.6. The van der Waals surface area contributed by atoms with Crippen molar-refractivity contribution >= 4 is 5.82 Å². The van der Waals surface area contributed by atoms with Crippen LogP contribution in [-0.2, 0) is 0 Å². The third-order valence-corrected chi connectivity index (χ3v) is 3.95. The highest BCUT2D eigenvalue weighted by atomic mass is 19.4. The molecule has 0 aromatic carbocycles. The molecule has 1 aliphatic heterocycles. The lowest BCUT2D eigenvalue weighted by atomic mass is 9.96. The van der Waals surface area contributed by atoms with Crippen LogP contribution in [0.5, 0.6) is 0 Å². The predicted octanol–water partition coefficient (Wildman–Crippen LogP) is 3.13. The third-order valence-electron chi connectivity index (χ3n) is 3.95. The first kappa shape index (κ1) is 12.7. The Morgan fingerprint density at radius 2 is 1.74 bits per heavy atom. The van der Waals surface area contributed by atoms with Gasteiger partial charge in [0.15, 0.2) is 0 Å². The summed E-state index contributed by atoms with van der Waals surface area (Å²) in [6.45, 7) is 0.844. The van der Waals surface area contributed by atoms with E-state index in [0.29, 0.717) is 19.0 Å². The van der Waals surface area contributed by atoms with Crippen molar-refractivity contribution in [3.8, 4) is 0 Å². The van der Waals surface area contributed by atoms with E-state index < -0.39 is 12.1 Å². The number of anilines is 1. The first-order valence-corrected chi connectivity index (χ1v) is 6.67. The highest BCUT2D eigenvalue weighted by Crippen LogP contribution is 2.40. The van der Waals surface area contributed by atoms with E-state index in [1.165, 1.54) is 6.33 Å². The standard InChI is InChI=1S/C13H16F3N3/c14-13(15,16)10-3-5-19(6-4-10)12-7-11(9-1-2-9)17-8-18-12/h7-10H,1-6H2. The van der Waals surface area contributed by atoms with Gasteiger partial charge in [-0.05, 0) is 25.7 Å². The third kappa shape index (κ3) is 2.82. The SMILES string of the molecule is FC(F)(F)C1CCN(c2cc(C3CC3)ncn2)CC1. The molecule has 1 aliphatic carbocycles. The second kappa shape index (κ2) is 4.65. The Hall–Kier alpha value is -1.33. The Bertz CT molecular complexity index is 449. The van der Waals surface area contributed by atoms with Crippen molar-refractivity contribution in [1.82, 2.24) is 9.97 Å². The molecule has 0 spiro atoms. The number of hydrogen-bond acceptors (Lipinski definition) is 3. The Balaban J connectivity index is 1.66. The topological polar surface area (TPSA) is 29.0 Å². The predicted molar refractivity (Wildman–Crippen MR) is 65.0 cm³/mol. The zero-order chi connectivity index (χ0) is 13.5. The molecule has 0 unspecified atom stereocenters. The average molecular weight is 271 g/mol. The second-order valence-corrected chi connectivity index (χ2v) is 5.38. The fraction of sp³-hybridized carbons (Fsp3) is 0.692. The number of hydrogen-bond donors (Lipinski definition) is 0. The summed E-state index contributed by atoms with van der Waals surface area (Å²) in [7, 11) is 0. The van der Waals surface area contributed by atoms with Gasteiger partial charge in [0.05, 0.1) is 5.92 Å². The maximum atomic E-state index is 12.6. The lowest BCUT2D eigenvalue weighted by Gasteiger charge is -2.33. The lowest BCUT2D eigenvalue weighted by molar-refractivity contribution is -0.179. The van der Waals surface area contributed by atoms with Crippen LogP contribution in [0.1, 0.15) is 37.3 Å². The van der Waals surface area contributed by atoms with Gasteiger partial charge in [0.2, 0.25) is 0 Å². The van der Waals surface area contributed by atoms with E-state index in [0.717, 1.165) is 24.4 Å². The molecule has 104 valence electrons. The van der Waals surface area contributed by atoms with Gasteiger partial charge in [-0.3, -0.25) is 0 Å². The van der Waals surface area contributed by atoms with Gasteiger partial charge in [0.25, 0.3) is 0 Å². The van der Waals surface area contributed by atoms with Crippen molar-refractivity contribution in [3.63, 3.8) is 0 Å². The quantitative estimate of drug-likeness (QED) is 0.827.